The van der Waals surface area contributed by atoms with Crippen LogP contribution in [-0.2, 0) is 0 Å². The number of thiazole rings is 1. The molecule has 0 saturated heterocycles. The molecule has 0 aliphatic carbocycles. The second kappa shape index (κ2) is 5.11. The van der Waals surface area contributed by atoms with Gasteiger partial charge in [-0.3, -0.25) is 0 Å². The van der Waals surface area contributed by atoms with Crippen molar-refractivity contribution in [1.82, 2.24) is 15.0 Å². The summed E-state index contributed by atoms with van der Waals surface area (Å²) in [5, 5.41) is 5.78. The van der Waals surface area contributed by atoms with Crippen LogP contribution >= 0.6 is 11.3 Å². The molecular formula is C13H9FN4S. The zero-order valence-corrected chi connectivity index (χ0v) is 10.6. The Kier molecular flexibility index (Phi) is 3.16. The SMILES string of the molecule is Fc1ccc(Nc2cccc(-c3nccs3)n2)nc1. The van der Waals surface area contributed by atoms with E-state index in [-0.39, 0.29) is 5.82 Å². The summed E-state index contributed by atoms with van der Waals surface area (Å²) in [7, 11) is 0. The maximum atomic E-state index is 12.8. The number of nitrogens with one attached hydrogen (secondary N) is 1. The second-order valence-electron chi connectivity index (χ2n) is 3.73. The quantitative estimate of drug-likeness (QED) is 0.793. The summed E-state index contributed by atoms with van der Waals surface area (Å²) >= 11 is 1.53. The zero-order valence-electron chi connectivity index (χ0n) is 9.75. The summed E-state index contributed by atoms with van der Waals surface area (Å²) in [6.07, 6.45) is 2.90. The van der Waals surface area contributed by atoms with E-state index in [0.717, 1.165) is 16.9 Å². The molecule has 3 heterocycles. The van der Waals surface area contributed by atoms with Crippen molar-refractivity contribution in [3.05, 3.63) is 53.9 Å². The monoisotopic (exact) mass is 272 g/mol. The highest BCUT2D eigenvalue weighted by atomic mass is 32.1. The van der Waals surface area contributed by atoms with Crippen LogP contribution in [0.2, 0.25) is 0 Å². The molecule has 0 atom stereocenters. The number of aromatic nitrogens is 3. The highest BCUT2D eigenvalue weighted by Gasteiger charge is 2.04. The summed E-state index contributed by atoms with van der Waals surface area (Å²) in [5.41, 5.74) is 0.794. The van der Waals surface area contributed by atoms with Gasteiger partial charge in [-0.15, -0.1) is 11.3 Å². The van der Waals surface area contributed by atoms with Crippen molar-refractivity contribution in [2.24, 2.45) is 0 Å². The molecule has 0 bridgehead atoms. The van der Waals surface area contributed by atoms with Crippen LogP contribution in [0.1, 0.15) is 0 Å². The van der Waals surface area contributed by atoms with Gasteiger partial charge < -0.3 is 5.32 Å². The van der Waals surface area contributed by atoms with Crippen LogP contribution in [0.4, 0.5) is 16.0 Å². The van der Waals surface area contributed by atoms with Gasteiger partial charge in [-0.1, -0.05) is 6.07 Å². The first-order chi connectivity index (χ1) is 9.31. The van der Waals surface area contributed by atoms with Crippen molar-refractivity contribution in [3.8, 4) is 10.7 Å². The number of hydrogen-bond acceptors (Lipinski definition) is 5. The Bertz CT molecular complexity index is 667. The van der Waals surface area contributed by atoms with Crippen molar-refractivity contribution in [2.45, 2.75) is 0 Å². The van der Waals surface area contributed by atoms with E-state index in [1.54, 1.807) is 12.3 Å². The number of rotatable bonds is 3. The maximum Gasteiger partial charge on any atom is 0.141 e. The number of pyridine rings is 2. The lowest BCUT2D eigenvalue weighted by molar-refractivity contribution is 0.622. The molecule has 3 aromatic rings. The number of halogens is 1. The molecule has 0 fully saturated rings. The van der Waals surface area contributed by atoms with Gasteiger partial charge in [0.05, 0.1) is 6.20 Å². The minimum absolute atomic E-state index is 0.366. The van der Waals surface area contributed by atoms with Crippen molar-refractivity contribution < 1.29 is 4.39 Å². The third-order valence-electron chi connectivity index (χ3n) is 2.38. The summed E-state index contributed by atoms with van der Waals surface area (Å²) < 4.78 is 12.8. The third-order valence-corrected chi connectivity index (χ3v) is 3.18. The lowest BCUT2D eigenvalue weighted by atomic mass is 10.3. The first-order valence-electron chi connectivity index (χ1n) is 5.57. The van der Waals surface area contributed by atoms with E-state index >= 15 is 0 Å². The number of nitrogens with zero attached hydrogens (tertiary/aromatic N) is 3. The molecule has 3 rings (SSSR count). The van der Waals surface area contributed by atoms with E-state index in [1.807, 2.05) is 23.6 Å². The maximum absolute atomic E-state index is 12.8. The minimum Gasteiger partial charge on any atom is -0.325 e. The van der Waals surface area contributed by atoms with E-state index < -0.39 is 0 Å². The predicted molar refractivity (Wildman–Crippen MR) is 72.8 cm³/mol. The van der Waals surface area contributed by atoms with Gasteiger partial charge in [0, 0.05) is 11.6 Å². The third kappa shape index (κ3) is 2.74. The van der Waals surface area contributed by atoms with Crippen molar-refractivity contribution >= 4 is 23.0 Å². The summed E-state index contributed by atoms with van der Waals surface area (Å²) in [5.74, 6) is 0.826. The molecular weight excluding hydrogens is 263 g/mol. The Morgan fingerprint density at radius 3 is 2.74 bits per heavy atom. The minimum atomic E-state index is -0.366. The van der Waals surface area contributed by atoms with Crippen LogP contribution < -0.4 is 5.32 Å². The highest BCUT2D eigenvalue weighted by Crippen LogP contribution is 2.21. The van der Waals surface area contributed by atoms with Gasteiger partial charge >= 0.3 is 0 Å². The first kappa shape index (κ1) is 11.7. The van der Waals surface area contributed by atoms with E-state index in [2.05, 4.69) is 20.3 Å². The lowest BCUT2D eigenvalue weighted by Gasteiger charge is -2.05. The molecule has 0 spiro atoms. The molecule has 0 aromatic carbocycles. The molecule has 0 aliphatic rings. The fraction of sp³-hybridized carbons (Fsp3) is 0. The molecule has 94 valence electrons. The van der Waals surface area contributed by atoms with E-state index in [9.17, 15) is 4.39 Å². The van der Waals surface area contributed by atoms with E-state index in [0.29, 0.717) is 11.6 Å². The van der Waals surface area contributed by atoms with Crippen molar-refractivity contribution in [1.29, 1.82) is 0 Å². The average Bonchev–Trinajstić information content (AvgIpc) is 2.96. The molecule has 19 heavy (non-hydrogen) atoms. The lowest BCUT2D eigenvalue weighted by Crippen LogP contribution is -1.96. The van der Waals surface area contributed by atoms with Crippen LogP contribution in [0.15, 0.2) is 48.1 Å². The van der Waals surface area contributed by atoms with Crippen LogP contribution in [0.5, 0.6) is 0 Å². The van der Waals surface area contributed by atoms with Crippen LogP contribution in [0.3, 0.4) is 0 Å². The normalized spacial score (nSPS) is 10.4. The topological polar surface area (TPSA) is 50.7 Å². The number of anilines is 2. The Morgan fingerprint density at radius 1 is 1.05 bits per heavy atom. The van der Waals surface area contributed by atoms with Gasteiger partial charge in [0.15, 0.2) is 0 Å². The van der Waals surface area contributed by atoms with Gasteiger partial charge in [-0.25, -0.2) is 19.3 Å². The Balaban J connectivity index is 1.85. The predicted octanol–water partition coefficient (Wildman–Crippen LogP) is 3.48. The van der Waals surface area contributed by atoms with Gasteiger partial charge in [0.1, 0.15) is 28.2 Å². The number of hydrogen-bond donors (Lipinski definition) is 1. The molecule has 0 aliphatic heterocycles. The van der Waals surface area contributed by atoms with Gasteiger partial charge in [0.25, 0.3) is 0 Å². The van der Waals surface area contributed by atoms with Gasteiger partial charge in [-0.2, -0.15) is 0 Å². The summed E-state index contributed by atoms with van der Waals surface area (Å²) in [4.78, 5) is 12.6. The van der Waals surface area contributed by atoms with Crippen LogP contribution in [0, 0.1) is 5.82 Å². The van der Waals surface area contributed by atoms with Gasteiger partial charge in [-0.05, 0) is 24.3 Å². The zero-order chi connectivity index (χ0) is 13.1. The molecule has 0 radical (unpaired) electrons. The molecule has 1 N–H and O–H groups in total. The Labute approximate surface area is 113 Å². The Morgan fingerprint density at radius 2 is 2.00 bits per heavy atom. The van der Waals surface area contributed by atoms with Crippen molar-refractivity contribution in [2.75, 3.05) is 5.32 Å². The summed E-state index contributed by atoms with van der Waals surface area (Å²) in [6, 6.07) is 8.51. The second-order valence-corrected chi connectivity index (χ2v) is 4.63. The average molecular weight is 272 g/mol. The van der Waals surface area contributed by atoms with E-state index in [4.69, 9.17) is 0 Å². The van der Waals surface area contributed by atoms with E-state index in [1.165, 1.54) is 17.4 Å². The standard InChI is InChI=1S/C13H9FN4S/c14-9-4-5-11(16-8-9)18-12-3-1-2-10(17-12)13-15-6-7-19-13/h1-8H,(H,16,17,18). The summed E-state index contributed by atoms with van der Waals surface area (Å²) in [6.45, 7) is 0. The molecule has 0 saturated carbocycles. The smallest absolute Gasteiger partial charge is 0.141 e. The van der Waals surface area contributed by atoms with Crippen LogP contribution in [0.25, 0.3) is 10.7 Å². The highest BCUT2D eigenvalue weighted by molar-refractivity contribution is 7.13. The largest absolute Gasteiger partial charge is 0.325 e. The molecule has 0 amide bonds. The van der Waals surface area contributed by atoms with Crippen LogP contribution in [-0.4, -0.2) is 15.0 Å². The fourth-order valence-corrected chi connectivity index (χ4v) is 2.16. The first-order valence-corrected chi connectivity index (χ1v) is 6.45. The molecule has 6 heteroatoms. The molecule has 3 aromatic heterocycles. The fourth-order valence-electron chi connectivity index (χ4n) is 1.55. The molecule has 0 unspecified atom stereocenters. The van der Waals surface area contributed by atoms with Crippen molar-refractivity contribution in [3.63, 3.8) is 0 Å². The molecule has 4 nitrogen and oxygen atoms in total. The van der Waals surface area contributed by atoms with Gasteiger partial charge in [0.2, 0.25) is 0 Å². The Hall–Kier alpha value is -2.34.